The minimum absolute atomic E-state index is 0.0829. The van der Waals surface area contributed by atoms with Gasteiger partial charge in [0.25, 0.3) is 0 Å². The molecule has 0 aliphatic rings. The number of carbonyl (C=O) groups excluding carboxylic acids is 1. The van der Waals surface area contributed by atoms with E-state index in [-0.39, 0.29) is 17.3 Å². The van der Waals surface area contributed by atoms with E-state index < -0.39 is 5.97 Å². The number of ether oxygens (including phenoxy) is 1. The van der Waals surface area contributed by atoms with Gasteiger partial charge in [-0.05, 0) is 29.8 Å². The lowest BCUT2D eigenvalue weighted by atomic mass is 10.1. The first kappa shape index (κ1) is 13.1. The quantitative estimate of drug-likeness (QED) is 0.636. The molecule has 0 radical (unpaired) electrons. The Morgan fingerprint density at radius 1 is 1.37 bits per heavy atom. The van der Waals surface area contributed by atoms with Gasteiger partial charge < -0.3 is 4.74 Å². The summed E-state index contributed by atoms with van der Waals surface area (Å²) >= 11 is 5.79. The van der Waals surface area contributed by atoms with Crippen LogP contribution in [0.1, 0.15) is 21.5 Å². The summed E-state index contributed by atoms with van der Waals surface area (Å²) in [6.07, 6.45) is 1.50. The molecule has 1 aromatic heterocycles. The average molecular weight is 273 g/mol. The van der Waals surface area contributed by atoms with Gasteiger partial charge in [0.05, 0.1) is 17.2 Å². The van der Waals surface area contributed by atoms with E-state index in [4.69, 9.17) is 21.6 Å². The monoisotopic (exact) mass is 272 g/mol. The summed E-state index contributed by atoms with van der Waals surface area (Å²) in [7, 11) is 0. The average Bonchev–Trinajstić information content (AvgIpc) is 2.45. The van der Waals surface area contributed by atoms with E-state index in [0.717, 1.165) is 5.56 Å². The molecule has 0 unspecified atom stereocenters. The molecule has 0 saturated heterocycles. The van der Waals surface area contributed by atoms with Crippen molar-refractivity contribution in [2.24, 2.45) is 0 Å². The number of hydrogen-bond acceptors (Lipinski definition) is 4. The second-order valence-electron chi connectivity index (χ2n) is 3.73. The van der Waals surface area contributed by atoms with Crippen molar-refractivity contribution in [3.8, 4) is 6.07 Å². The zero-order chi connectivity index (χ0) is 13.7. The molecule has 0 N–H and O–H groups in total. The van der Waals surface area contributed by atoms with Gasteiger partial charge in [0, 0.05) is 6.20 Å². The number of carbonyl (C=O) groups is 1. The molecule has 94 valence electrons. The highest BCUT2D eigenvalue weighted by atomic mass is 35.5. The molecule has 0 fully saturated rings. The van der Waals surface area contributed by atoms with Gasteiger partial charge in [-0.25, -0.2) is 9.78 Å². The van der Waals surface area contributed by atoms with Crippen LogP contribution in [0.4, 0.5) is 0 Å². The second kappa shape index (κ2) is 5.98. The Labute approximate surface area is 115 Å². The Balaban J connectivity index is 2.05. The van der Waals surface area contributed by atoms with E-state index in [1.807, 2.05) is 6.07 Å². The van der Waals surface area contributed by atoms with Crippen LogP contribution in [-0.4, -0.2) is 11.0 Å². The van der Waals surface area contributed by atoms with Crippen molar-refractivity contribution in [2.45, 2.75) is 6.61 Å². The lowest BCUT2D eigenvalue weighted by Crippen LogP contribution is -2.06. The normalized spacial score (nSPS) is 9.68. The van der Waals surface area contributed by atoms with Crippen molar-refractivity contribution >= 4 is 17.6 Å². The SMILES string of the molecule is N#Cc1cccc(COC(=O)c2cccnc2Cl)c1. The highest BCUT2D eigenvalue weighted by Gasteiger charge is 2.12. The maximum Gasteiger partial charge on any atom is 0.341 e. The summed E-state index contributed by atoms with van der Waals surface area (Å²) in [5.74, 6) is -0.541. The molecule has 0 aliphatic heterocycles. The van der Waals surface area contributed by atoms with Crippen molar-refractivity contribution < 1.29 is 9.53 Å². The predicted octanol–water partition coefficient (Wildman–Crippen LogP) is 2.96. The highest BCUT2D eigenvalue weighted by Crippen LogP contribution is 2.14. The number of aromatic nitrogens is 1. The number of pyridine rings is 1. The van der Waals surface area contributed by atoms with Gasteiger partial charge in [0.2, 0.25) is 0 Å². The summed E-state index contributed by atoms with van der Waals surface area (Å²) in [4.78, 5) is 15.6. The molecule has 0 saturated carbocycles. The zero-order valence-electron chi connectivity index (χ0n) is 9.84. The smallest absolute Gasteiger partial charge is 0.341 e. The molecular weight excluding hydrogens is 264 g/mol. The lowest BCUT2D eigenvalue weighted by Gasteiger charge is -2.05. The summed E-state index contributed by atoms with van der Waals surface area (Å²) in [5.41, 5.74) is 1.49. The third-order valence-corrected chi connectivity index (χ3v) is 2.71. The number of esters is 1. The fraction of sp³-hybridized carbons (Fsp3) is 0.0714. The van der Waals surface area contributed by atoms with Crippen molar-refractivity contribution in [3.05, 3.63) is 64.4 Å². The molecule has 0 spiro atoms. The molecule has 0 atom stereocenters. The van der Waals surface area contributed by atoms with Crippen LogP contribution in [0.15, 0.2) is 42.6 Å². The van der Waals surface area contributed by atoms with Crippen molar-refractivity contribution in [1.82, 2.24) is 4.98 Å². The molecule has 0 amide bonds. The van der Waals surface area contributed by atoms with Gasteiger partial charge >= 0.3 is 5.97 Å². The number of rotatable bonds is 3. The highest BCUT2D eigenvalue weighted by molar-refractivity contribution is 6.32. The maximum atomic E-state index is 11.8. The first-order valence-corrected chi connectivity index (χ1v) is 5.85. The van der Waals surface area contributed by atoms with E-state index >= 15 is 0 Å². The third kappa shape index (κ3) is 3.30. The standard InChI is InChI=1S/C14H9ClN2O2/c15-13-12(5-2-6-17-13)14(18)19-9-11-4-1-3-10(7-11)8-16/h1-7H,9H2. The lowest BCUT2D eigenvalue weighted by molar-refractivity contribution is 0.0472. The minimum Gasteiger partial charge on any atom is -0.457 e. The largest absolute Gasteiger partial charge is 0.457 e. The Morgan fingerprint density at radius 3 is 2.95 bits per heavy atom. The fourth-order valence-corrected chi connectivity index (χ4v) is 1.69. The third-order valence-electron chi connectivity index (χ3n) is 2.41. The topological polar surface area (TPSA) is 63.0 Å². The molecule has 4 nitrogen and oxygen atoms in total. The van der Waals surface area contributed by atoms with Gasteiger partial charge in [-0.2, -0.15) is 5.26 Å². The first-order chi connectivity index (χ1) is 9.20. The van der Waals surface area contributed by atoms with Gasteiger partial charge in [0.1, 0.15) is 11.8 Å². The van der Waals surface area contributed by atoms with E-state index in [0.29, 0.717) is 5.56 Å². The molecule has 0 aliphatic carbocycles. The summed E-state index contributed by atoms with van der Waals surface area (Å²) in [5, 5.41) is 8.88. The van der Waals surface area contributed by atoms with Crippen LogP contribution in [0.2, 0.25) is 5.15 Å². The Hall–Kier alpha value is -2.38. The Morgan fingerprint density at radius 2 is 2.21 bits per heavy atom. The van der Waals surface area contributed by atoms with Crippen molar-refractivity contribution in [3.63, 3.8) is 0 Å². The summed E-state index contributed by atoms with van der Waals surface area (Å²) < 4.78 is 5.12. The minimum atomic E-state index is -0.541. The van der Waals surface area contributed by atoms with Crippen molar-refractivity contribution in [1.29, 1.82) is 5.26 Å². The maximum absolute atomic E-state index is 11.8. The van der Waals surface area contributed by atoms with Crippen LogP contribution in [0.25, 0.3) is 0 Å². The van der Waals surface area contributed by atoms with E-state index in [2.05, 4.69) is 4.98 Å². The van der Waals surface area contributed by atoms with Crippen molar-refractivity contribution in [2.75, 3.05) is 0 Å². The predicted molar refractivity (Wildman–Crippen MR) is 69.5 cm³/mol. The second-order valence-corrected chi connectivity index (χ2v) is 4.09. The number of nitrogens with zero attached hydrogens (tertiary/aromatic N) is 2. The fourth-order valence-electron chi connectivity index (χ4n) is 1.50. The molecule has 5 heteroatoms. The molecular formula is C14H9ClN2O2. The van der Waals surface area contributed by atoms with Crippen LogP contribution in [0.5, 0.6) is 0 Å². The van der Waals surface area contributed by atoms with Crippen LogP contribution in [0, 0.1) is 11.3 Å². The number of hydrogen-bond donors (Lipinski definition) is 0. The number of benzene rings is 1. The zero-order valence-corrected chi connectivity index (χ0v) is 10.6. The van der Waals surface area contributed by atoms with Gasteiger partial charge in [-0.15, -0.1) is 0 Å². The van der Waals surface area contributed by atoms with E-state index in [1.165, 1.54) is 6.20 Å². The Kier molecular flexibility index (Phi) is 4.11. The van der Waals surface area contributed by atoms with Crippen LogP contribution in [-0.2, 0) is 11.3 Å². The molecule has 0 bridgehead atoms. The number of nitriles is 1. The van der Waals surface area contributed by atoms with Gasteiger partial charge in [0.15, 0.2) is 0 Å². The van der Waals surface area contributed by atoms with Crippen LogP contribution >= 0.6 is 11.6 Å². The molecule has 19 heavy (non-hydrogen) atoms. The van der Waals surface area contributed by atoms with E-state index in [1.54, 1.807) is 36.4 Å². The van der Waals surface area contributed by atoms with Gasteiger partial charge in [-0.3, -0.25) is 0 Å². The van der Waals surface area contributed by atoms with Crippen LogP contribution < -0.4 is 0 Å². The molecule has 2 rings (SSSR count). The molecule has 1 heterocycles. The number of halogens is 1. The van der Waals surface area contributed by atoms with E-state index in [9.17, 15) is 4.79 Å². The molecule has 1 aromatic carbocycles. The van der Waals surface area contributed by atoms with Crippen LogP contribution in [0.3, 0.4) is 0 Å². The summed E-state index contributed by atoms with van der Waals surface area (Å²) in [6, 6.07) is 12.0. The Bertz CT molecular complexity index is 650. The van der Waals surface area contributed by atoms with Gasteiger partial charge in [-0.1, -0.05) is 23.7 Å². The first-order valence-electron chi connectivity index (χ1n) is 5.47. The summed E-state index contributed by atoms with van der Waals surface area (Å²) in [6.45, 7) is 0.0829. The molecule has 2 aromatic rings.